The molecule has 0 saturated carbocycles. The summed E-state index contributed by atoms with van der Waals surface area (Å²) in [5.74, 6) is -3.59. The first-order valence-corrected chi connectivity index (χ1v) is 17.5. The van der Waals surface area contributed by atoms with Gasteiger partial charge in [-0.2, -0.15) is 23.1 Å². The maximum absolute atomic E-state index is 16.8. The van der Waals surface area contributed by atoms with Gasteiger partial charge in [-0.1, -0.05) is 11.6 Å². The van der Waals surface area contributed by atoms with Gasteiger partial charge in [0.05, 0.1) is 21.8 Å². The zero-order valence-corrected chi connectivity index (χ0v) is 30.0. The van der Waals surface area contributed by atoms with Crippen LogP contribution in [0.2, 0.25) is 5.02 Å². The number of ether oxygens (including phenoxy) is 3. The van der Waals surface area contributed by atoms with E-state index in [4.69, 9.17) is 31.5 Å². The van der Waals surface area contributed by atoms with E-state index < -0.39 is 58.5 Å². The van der Waals surface area contributed by atoms with Crippen LogP contribution in [0.3, 0.4) is 0 Å². The molecular weight excluding hydrogens is 726 g/mol. The molecule has 3 aliphatic rings. The van der Waals surface area contributed by atoms with Crippen molar-refractivity contribution in [1.82, 2.24) is 24.8 Å². The number of amides is 1. The minimum Gasteiger partial charge on any atom is -0.462 e. The van der Waals surface area contributed by atoms with E-state index in [9.17, 15) is 27.6 Å². The van der Waals surface area contributed by atoms with Gasteiger partial charge in [-0.05, 0) is 70.8 Å². The van der Waals surface area contributed by atoms with E-state index in [0.717, 1.165) is 31.7 Å². The molecule has 284 valence electrons. The first kappa shape index (κ1) is 38.0. The number of hydrogen-bond donors (Lipinski definition) is 1. The topological polar surface area (TPSA) is 153 Å². The zero-order chi connectivity index (χ0) is 38.2. The molecule has 6 rings (SSSR count). The second-order valence-electron chi connectivity index (χ2n) is 13.4. The van der Waals surface area contributed by atoms with Crippen LogP contribution in [-0.4, -0.2) is 94.5 Å². The van der Waals surface area contributed by atoms with E-state index in [1.807, 2.05) is 7.05 Å². The summed E-state index contributed by atoms with van der Waals surface area (Å²) in [4.78, 5) is 56.1. The highest BCUT2D eigenvalue weighted by molar-refractivity contribution is 6.34. The first-order valence-electron chi connectivity index (χ1n) is 17.2. The molecule has 2 aromatic heterocycles. The van der Waals surface area contributed by atoms with E-state index in [1.165, 1.54) is 17.9 Å². The molecule has 5 heterocycles. The van der Waals surface area contributed by atoms with Crippen LogP contribution < -0.4 is 15.4 Å². The summed E-state index contributed by atoms with van der Waals surface area (Å²) in [6, 6.07) is 1.65. The summed E-state index contributed by atoms with van der Waals surface area (Å²) in [6.45, 7) is 4.26. The van der Waals surface area contributed by atoms with Crippen LogP contribution in [0, 0.1) is 12.7 Å². The second kappa shape index (κ2) is 15.3. The number of aryl methyl sites for hydroxylation is 1. The molecule has 0 unspecified atom stereocenters. The number of fused-ring (bicyclic) bond motifs is 1. The smallest absolute Gasteiger partial charge is 0.418 e. The average molecular weight is 764 g/mol. The second-order valence-corrected chi connectivity index (χ2v) is 13.8. The van der Waals surface area contributed by atoms with E-state index in [0.29, 0.717) is 12.8 Å². The molecule has 0 spiro atoms. The number of carbonyl (C=O) groups is 3. The Bertz CT molecular complexity index is 1980. The fourth-order valence-corrected chi connectivity index (χ4v) is 7.16. The van der Waals surface area contributed by atoms with Gasteiger partial charge in [0.25, 0.3) is 5.91 Å². The van der Waals surface area contributed by atoms with Gasteiger partial charge < -0.3 is 34.6 Å². The Kier molecular flexibility index (Phi) is 11.0. The van der Waals surface area contributed by atoms with E-state index in [2.05, 4.69) is 19.9 Å². The first-order chi connectivity index (χ1) is 25.1. The summed E-state index contributed by atoms with van der Waals surface area (Å²) < 4.78 is 76.1. The van der Waals surface area contributed by atoms with Crippen LogP contribution in [0.4, 0.5) is 29.2 Å². The molecule has 1 aromatic carbocycles. The Hall–Kier alpha value is -4.77. The highest BCUT2D eigenvalue weighted by Gasteiger charge is 2.39. The number of anilines is 2. The van der Waals surface area contributed by atoms with Crippen molar-refractivity contribution < 1.29 is 46.2 Å². The number of alkyl halides is 3. The van der Waals surface area contributed by atoms with Crippen molar-refractivity contribution in [3.05, 3.63) is 46.1 Å². The maximum Gasteiger partial charge on any atom is 0.418 e. The lowest BCUT2D eigenvalue weighted by molar-refractivity contribution is -0.148. The van der Waals surface area contributed by atoms with Gasteiger partial charge in [0, 0.05) is 49.9 Å². The number of likely N-dealkylation sites (tertiary alicyclic amines) is 1. The van der Waals surface area contributed by atoms with E-state index in [1.54, 1.807) is 11.8 Å². The molecule has 3 aliphatic heterocycles. The Morgan fingerprint density at radius 3 is 2.49 bits per heavy atom. The summed E-state index contributed by atoms with van der Waals surface area (Å²) in [5, 5.41) is -0.303. The van der Waals surface area contributed by atoms with Gasteiger partial charge in [-0.15, -0.1) is 0 Å². The number of carbonyl (C=O) groups excluding carboxylic acids is 3. The number of esters is 2. The molecule has 0 bridgehead atoms. The average Bonchev–Trinajstić information content (AvgIpc) is 3.50. The molecule has 2 saturated heterocycles. The van der Waals surface area contributed by atoms with Gasteiger partial charge in [0.15, 0.2) is 5.82 Å². The molecule has 0 aliphatic carbocycles. The third-order valence-corrected chi connectivity index (χ3v) is 9.90. The number of likely N-dealkylation sites (N-methyl/N-ethyl adjacent to an activating group) is 1. The fourth-order valence-electron chi connectivity index (χ4n) is 6.88. The fraction of sp³-hybridized carbons (Fsp3) is 0.486. The largest absolute Gasteiger partial charge is 0.462 e. The van der Waals surface area contributed by atoms with Crippen molar-refractivity contribution in [2.75, 3.05) is 50.5 Å². The quantitative estimate of drug-likeness (QED) is 0.253. The Morgan fingerprint density at radius 1 is 1.08 bits per heavy atom. The van der Waals surface area contributed by atoms with Gasteiger partial charge in [0.2, 0.25) is 5.76 Å². The van der Waals surface area contributed by atoms with Crippen molar-refractivity contribution >= 4 is 52.0 Å². The summed E-state index contributed by atoms with van der Waals surface area (Å²) in [7, 11) is 1.95. The molecule has 0 radical (unpaired) electrons. The number of nitrogens with zero attached hydrogens (tertiary/aromatic N) is 6. The molecular formula is C35H38ClF4N7O6. The third-order valence-electron chi connectivity index (χ3n) is 9.61. The number of benzene rings is 1. The van der Waals surface area contributed by atoms with Crippen LogP contribution in [0.15, 0.2) is 24.2 Å². The summed E-state index contributed by atoms with van der Waals surface area (Å²) >= 11 is 6.60. The predicted octanol–water partition coefficient (Wildman–Crippen LogP) is 5.41. The number of rotatable bonds is 6. The monoisotopic (exact) mass is 763 g/mol. The molecule has 53 heavy (non-hydrogen) atoms. The predicted molar refractivity (Wildman–Crippen MR) is 185 cm³/mol. The lowest BCUT2D eigenvalue weighted by atomic mass is 9.99. The number of halogens is 5. The highest BCUT2D eigenvalue weighted by Crippen LogP contribution is 2.45. The number of aromatic nitrogens is 3. The van der Waals surface area contributed by atoms with Gasteiger partial charge >= 0.3 is 24.1 Å². The van der Waals surface area contributed by atoms with E-state index in [-0.39, 0.29) is 84.3 Å². The molecule has 18 heteroatoms. The SMILES string of the molecule is Cc1cc(N)nc(-c2c(Cl)cc3c(N4CCN(C(=O)/C5=C/OC(=O)CCCCC(=O)O5)C[C@@H]4C)nc(OC[C@@H]4CCCN4C)nc3c2F)c1C(F)(F)F. The Balaban J connectivity index is 1.39. The molecule has 13 nitrogen and oxygen atoms in total. The van der Waals surface area contributed by atoms with Crippen molar-refractivity contribution in [2.45, 2.75) is 70.6 Å². The maximum atomic E-state index is 16.8. The number of cyclic esters (lactones) is 2. The molecule has 2 fully saturated rings. The summed E-state index contributed by atoms with van der Waals surface area (Å²) in [6.07, 6.45) is -1.32. The van der Waals surface area contributed by atoms with Gasteiger partial charge in [-0.25, -0.2) is 9.37 Å². The van der Waals surface area contributed by atoms with Crippen LogP contribution in [0.5, 0.6) is 6.01 Å². The standard InChI is InChI=1S/C35H38ClF4N7O6/c1-18-13-24(41)42-31(28(18)35(38,39)40)27-22(36)14-21-30(29(27)37)43-34(52-16-20-7-6-10-45(20)3)44-32(21)47-12-11-46(15-19(47)2)33(50)23-17-51-25(48)8-4-5-9-26(49)53-23/h13-14,17,19-20H,4-12,15-16H2,1-3H3,(H2,41,42)/b23-17-/t19-,20-/m0/s1. The molecule has 1 amide bonds. The normalized spacial score (nSPS) is 21.6. The molecule has 2 atom stereocenters. The van der Waals surface area contributed by atoms with Crippen LogP contribution in [0.25, 0.3) is 22.2 Å². The summed E-state index contributed by atoms with van der Waals surface area (Å²) in [5.41, 5.74) is 2.61. The lowest BCUT2D eigenvalue weighted by Crippen LogP contribution is -2.54. The molecule has 3 aromatic rings. The number of hydrogen-bond acceptors (Lipinski definition) is 12. The minimum absolute atomic E-state index is 0.0238. The number of nitrogens with two attached hydrogens (primary N) is 1. The van der Waals surface area contributed by atoms with E-state index >= 15 is 4.39 Å². The third kappa shape index (κ3) is 8.10. The van der Waals surface area contributed by atoms with Gasteiger partial charge in [-0.3, -0.25) is 14.4 Å². The Labute approximate surface area is 307 Å². The van der Waals surface area contributed by atoms with Crippen molar-refractivity contribution in [2.24, 2.45) is 0 Å². The van der Waals surface area contributed by atoms with Crippen molar-refractivity contribution in [3.8, 4) is 17.3 Å². The number of nitrogen functional groups attached to an aromatic ring is 1. The van der Waals surface area contributed by atoms with Crippen LogP contribution >= 0.6 is 11.6 Å². The van der Waals surface area contributed by atoms with Crippen LogP contribution in [-0.2, 0) is 30.0 Å². The number of piperazine rings is 1. The zero-order valence-electron chi connectivity index (χ0n) is 29.3. The lowest BCUT2D eigenvalue weighted by Gasteiger charge is -2.41. The number of pyridine rings is 1. The van der Waals surface area contributed by atoms with Gasteiger partial charge in [0.1, 0.15) is 30.0 Å². The highest BCUT2D eigenvalue weighted by atomic mass is 35.5. The molecule has 2 N–H and O–H groups in total. The minimum atomic E-state index is -4.92. The van der Waals surface area contributed by atoms with Crippen molar-refractivity contribution in [3.63, 3.8) is 0 Å². The van der Waals surface area contributed by atoms with Crippen molar-refractivity contribution in [1.29, 1.82) is 0 Å². The Morgan fingerprint density at radius 2 is 1.81 bits per heavy atom. The van der Waals surface area contributed by atoms with Crippen LogP contribution in [0.1, 0.15) is 56.6 Å².